The second kappa shape index (κ2) is 11.9. The minimum atomic E-state index is -0.00968. The van der Waals surface area contributed by atoms with Crippen molar-refractivity contribution < 1.29 is 14.6 Å². The second-order valence-electron chi connectivity index (χ2n) is 7.24. The molecule has 168 valence electrons. The third-order valence-electron chi connectivity index (χ3n) is 4.54. The van der Waals surface area contributed by atoms with Gasteiger partial charge in [0.2, 0.25) is 5.75 Å². The smallest absolute Gasteiger partial charge is 0.200 e. The SMILES string of the molecule is CCNC(=NCc1cc(OC)c(O)c(OC)c1)N(C)Cc1cn(C)nc1C(C)C.I. The lowest BCUT2D eigenvalue weighted by molar-refractivity contribution is 0.339. The van der Waals surface area contributed by atoms with Crippen LogP contribution in [0.3, 0.4) is 0 Å². The van der Waals surface area contributed by atoms with Gasteiger partial charge >= 0.3 is 0 Å². The van der Waals surface area contributed by atoms with E-state index >= 15 is 0 Å². The molecular formula is C21H34IN5O3. The number of phenolic OH excluding ortho intramolecular Hbond substituents is 1. The van der Waals surface area contributed by atoms with E-state index < -0.39 is 0 Å². The highest BCUT2D eigenvalue weighted by molar-refractivity contribution is 14.0. The number of hydrogen-bond donors (Lipinski definition) is 2. The lowest BCUT2D eigenvalue weighted by atomic mass is 10.1. The number of rotatable bonds is 8. The first-order chi connectivity index (χ1) is 13.8. The average molecular weight is 531 g/mol. The van der Waals surface area contributed by atoms with Gasteiger partial charge in [-0.05, 0) is 30.5 Å². The molecule has 30 heavy (non-hydrogen) atoms. The van der Waals surface area contributed by atoms with Gasteiger partial charge in [0, 0.05) is 38.9 Å². The van der Waals surface area contributed by atoms with E-state index in [2.05, 4.69) is 35.4 Å². The molecule has 0 fully saturated rings. The number of halogens is 1. The van der Waals surface area contributed by atoms with Crippen LogP contribution in [0.4, 0.5) is 0 Å². The third kappa shape index (κ3) is 6.41. The quantitative estimate of drug-likeness (QED) is 0.309. The van der Waals surface area contributed by atoms with Crippen molar-refractivity contribution in [3.8, 4) is 17.2 Å². The van der Waals surface area contributed by atoms with E-state index in [0.717, 1.165) is 23.8 Å². The predicted molar refractivity (Wildman–Crippen MR) is 130 cm³/mol. The van der Waals surface area contributed by atoms with Crippen molar-refractivity contribution in [2.75, 3.05) is 27.8 Å². The summed E-state index contributed by atoms with van der Waals surface area (Å²) < 4.78 is 12.3. The fraction of sp³-hybridized carbons (Fsp3) is 0.524. The number of nitrogens with zero attached hydrogens (tertiary/aromatic N) is 4. The number of aryl methyl sites for hydroxylation is 1. The molecule has 2 aromatic rings. The van der Waals surface area contributed by atoms with Gasteiger partial charge in [-0.2, -0.15) is 5.10 Å². The predicted octanol–water partition coefficient (Wildman–Crippen LogP) is 3.48. The topological polar surface area (TPSA) is 84.1 Å². The normalized spacial score (nSPS) is 11.3. The Hall–Kier alpha value is -2.17. The van der Waals surface area contributed by atoms with E-state index in [0.29, 0.717) is 30.5 Å². The Balaban J connectivity index is 0.00000450. The highest BCUT2D eigenvalue weighted by atomic mass is 127. The number of aromatic nitrogens is 2. The Morgan fingerprint density at radius 2 is 1.87 bits per heavy atom. The maximum atomic E-state index is 10.1. The molecule has 0 atom stereocenters. The second-order valence-corrected chi connectivity index (χ2v) is 7.24. The van der Waals surface area contributed by atoms with Crippen LogP contribution >= 0.6 is 24.0 Å². The molecule has 8 nitrogen and oxygen atoms in total. The fourth-order valence-electron chi connectivity index (χ4n) is 3.17. The van der Waals surface area contributed by atoms with Crippen LogP contribution in [0.5, 0.6) is 17.2 Å². The highest BCUT2D eigenvalue weighted by Gasteiger charge is 2.16. The van der Waals surface area contributed by atoms with Gasteiger partial charge in [-0.15, -0.1) is 24.0 Å². The van der Waals surface area contributed by atoms with Gasteiger partial charge in [-0.1, -0.05) is 13.8 Å². The van der Waals surface area contributed by atoms with E-state index in [1.807, 2.05) is 25.7 Å². The van der Waals surface area contributed by atoms with Gasteiger partial charge < -0.3 is 24.8 Å². The Kier molecular flexibility index (Phi) is 10.2. The Labute approximate surface area is 196 Å². The summed E-state index contributed by atoms with van der Waals surface area (Å²) in [7, 11) is 6.98. The fourth-order valence-corrected chi connectivity index (χ4v) is 3.17. The molecule has 0 amide bonds. The summed E-state index contributed by atoms with van der Waals surface area (Å²) >= 11 is 0. The van der Waals surface area contributed by atoms with E-state index in [1.54, 1.807) is 12.1 Å². The van der Waals surface area contributed by atoms with Crippen molar-refractivity contribution in [2.45, 2.75) is 39.8 Å². The molecule has 0 saturated carbocycles. The molecule has 0 aliphatic rings. The number of aliphatic imine (C=N–C) groups is 1. The standard InChI is InChI=1S/C21H33N5O3.HI/c1-8-22-21(25(4)12-16-13-26(5)24-19(16)14(2)3)23-11-15-9-17(28-6)20(27)18(10-15)29-7;/h9-10,13-14,27H,8,11-12H2,1-7H3,(H,22,23);1H. The Morgan fingerprint density at radius 1 is 1.27 bits per heavy atom. The number of nitrogens with one attached hydrogen (secondary N) is 1. The van der Waals surface area contributed by atoms with E-state index in [1.165, 1.54) is 19.8 Å². The molecule has 0 spiro atoms. The summed E-state index contributed by atoms with van der Waals surface area (Å²) in [6.07, 6.45) is 2.06. The van der Waals surface area contributed by atoms with E-state index in [-0.39, 0.29) is 29.7 Å². The zero-order valence-corrected chi connectivity index (χ0v) is 21.2. The lowest BCUT2D eigenvalue weighted by Crippen LogP contribution is -2.38. The Bertz CT molecular complexity index is 826. The van der Waals surface area contributed by atoms with Crippen LogP contribution in [-0.4, -0.2) is 53.6 Å². The maximum absolute atomic E-state index is 10.1. The number of ether oxygens (including phenoxy) is 2. The van der Waals surface area contributed by atoms with Crippen molar-refractivity contribution in [1.29, 1.82) is 0 Å². The minimum Gasteiger partial charge on any atom is -0.502 e. The lowest BCUT2D eigenvalue weighted by Gasteiger charge is -2.22. The first-order valence-corrected chi connectivity index (χ1v) is 9.76. The number of phenols is 1. The highest BCUT2D eigenvalue weighted by Crippen LogP contribution is 2.37. The molecule has 2 N–H and O–H groups in total. The molecule has 0 aliphatic carbocycles. The molecule has 1 heterocycles. The number of methoxy groups -OCH3 is 2. The van der Waals surface area contributed by atoms with Crippen molar-refractivity contribution >= 4 is 29.9 Å². The molecule has 0 saturated heterocycles. The van der Waals surface area contributed by atoms with E-state index in [4.69, 9.17) is 14.5 Å². The summed E-state index contributed by atoms with van der Waals surface area (Å²) in [5.74, 6) is 1.87. The Morgan fingerprint density at radius 3 is 2.37 bits per heavy atom. The molecule has 0 aliphatic heterocycles. The first-order valence-electron chi connectivity index (χ1n) is 9.76. The molecule has 9 heteroatoms. The van der Waals surface area contributed by atoms with Crippen molar-refractivity contribution in [3.05, 3.63) is 35.2 Å². The van der Waals surface area contributed by atoms with Crippen molar-refractivity contribution in [2.24, 2.45) is 12.0 Å². The number of aromatic hydroxyl groups is 1. The van der Waals surface area contributed by atoms with Gasteiger partial charge in [0.25, 0.3) is 0 Å². The van der Waals surface area contributed by atoms with Gasteiger partial charge in [-0.25, -0.2) is 4.99 Å². The monoisotopic (exact) mass is 531 g/mol. The molecule has 0 bridgehead atoms. The van der Waals surface area contributed by atoms with Crippen LogP contribution in [0.2, 0.25) is 0 Å². The zero-order chi connectivity index (χ0) is 21.6. The van der Waals surface area contributed by atoms with Crippen LogP contribution in [-0.2, 0) is 20.1 Å². The van der Waals surface area contributed by atoms with Crippen LogP contribution in [0.15, 0.2) is 23.3 Å². The minimum absolute atomic E-state index is 0. The molecule has 0 unspecified atom stereocenters. The summed E-state index contributed by atoms with van der Waals surface area (Å²) in [5, 5.41) is 18.0. The van der Waals surface area contributed by atoms with Gasteiger partial charge in [0.1, 0.15) is 0 Å². The molecule has 1 aromatic carbocycles. The number of benzene rings is 1. The zero-order valence-electron chi connectivity index (χ0n) is 18.9. The maximum Gasteiger partial charge on any atom is 0.200 e. The van der Waals surface area contributed by atoms with Crippen LogP contribution in [0.1, 0.15) is 43.5 Å². The van der Waals surface area contributed by atoms with E-state index in [9.17, 15) is 5.11 Å². The molecule has 0 radical (unpaired) electrons. The van der Waals surface area contributed by atoms with Gasteiger partial charge in [0.05, 0.1) is 26.5 Å². The van der Waals surface area contributed by atoms with Crippen LogP contribution in [0, 0.1) is 0 Å². The molecule has 2 rings (SSSR count). The van der Waals surface area contributed by atoms with Crippen LogP contribution in [0.25, 0.3) is 0 Å². The number of guanidine groups is 1. The van der Waals surface area contributed by atoms with Gasteiger partial charge in [-0.3, -0.25) is 4.68 Å². The molecular weight excluding hydrogens is 497 g/mol. The van der Waals surface area contributed by atoms with Crippen LogP contribution < -0.4 is 14.8 Å². The average Bonchev–Trinajstić information content (AvgIpc) is 3.06. The van der Waals surface area contributed by atoms with Crippen molar-refractivity contribution in [1.82, 2.24) is 20.0 Å². The summed E-state index contributed by atoms with van der Waals surface area (Å²) in [4.78, 5) is 6.84. The van der Waals surface area contributed by atoms with Gasteiger partial charge in [0.15, 0.2) is 17.5 Å². The van der Waals surface area contributed by atoms with Crippen molar-refractivity contribution in [3.63, 3.8) is 0 Å². The number of hydrogen-bond acceptors (Lipinski definition) is 5. The largest absolute Gasteiger partial charge is 0.502 e. The molecule has 1 aromatic heterocycles. The summed E-state index contributed by atoms with van der Waals surface area (Å²) in [6.45, 7) is 8.22. The summed E-state index contributed by atoms with van der Waals surface area (Å²) in [5.41, 5.74) is 3.16. The summed E-state index contributed by atoms with van der Waals surface area (Å²) in [6, 6.07) is 3.53. The first kappa shape index (κ1) is 25.9. The third-order valence-corrected chi connectivity index (χ3v) is 4.54.